The van der Waals surface area contributed by atoms with Gasteiger partial charge in [-0.2, -0.15) is 0 Å². The van der Waals surface area contributed by atoms with Crippen molar-refractivity contribution in [2.24, 2.45) is 5.84 Å². The van der Waals surface area contributed by atoms with Crippen LogP contribution in [0, 0.1) is 0 Å². The van der Waals surface area contributed by atoms with Gasteiger partial charge < -0.3 is 15.5 Å². The number of pyridine rings is 1. The van der Waals surface area contributed by atoms with E-state index in [-0.39, 0.29) is 0 Å². The minimum Gasteiger partial charge on any atom is -0.496 e. The molecule has 0 fully saturated rings. The van der Waals surface area contributed by atoms with E-state index in [0.29, 0.717) is 17.4 Å². The van der Waals surface area contributed by atoms with Gasteiger partial charge in [-0.1, -0.05) is 17.7 Å². The van der Waals surface area contributed by atoms with Crippen LogP contribution < -0.4 is 21.3 Å². The predicted octanol–water partition coefficient (Wildman–Crippen LogP) is 2.64. The Morgan fingerprint density at radius 3 is 2.95 bits per heavy atom. The summed E-state index contributed by atoms with van der Waals surface area (Å²) in [6.45, 7) is 0.552. The molecule has 0 aliphatic rings. The fourth-order valence-corrected chi connectivity index (χ4v) is 1.94. The van der Waals surface area contributed by atoms with Gasteiger partial charge in [-0.25, -0.2) is 10.8 Å². The van der Waals surface area contributed by atoms with Gasteiger partial charge in [0.05, 0.1) is 7.11 Å². The number of halogens is 1. The molecule has 1 aromatic carbocycles. The van der Waals surface area contributed by atoms with Crippen LogP contribution in [-0.4, -0.2) is 12.1 Å². The molecule has 0 amide bonds. The van der Waals surface area contributed by atoms with Crippen LogP contribution in [0.4, 0.5) is 11.5 Å². The van der Waals surface area contributed by atoms with Gasteiger partial charge in [-0.3, -0.25) is 0 Å². The standard InChI is InChI=1S/C13H15ClN4O/c1-19-12-4-2-3-11(14)10(12)8-17-9-5-6-16-13(7-9)18-15/h2-7H,8,15H2,1H3,(H2,16,17,18). The normalized spacial score (nSPS) is 10.1. The highest BCUT2D eigenvalue weighted by molar-refractivity contribution is 6.31. The number of hydrogen-bond donors (Lipinski definition) is 3. The van der Waals surface area contributed by atoms with Crippen LogP contribution in [0.5, 0.6) is 5.75 Å². The molecular formula is C13H15ClN4O. The molecular weight excluding hydrogens is 264 g/mol. The number of ether oxygens (including phenoxy) is 1. The first-order valence-electron chi connectivity index (χ1n) is 5.72. The van der Waals surface area contributed by atoms with Crippen molar-refractivity contribution in [2.75, 3.05) is 17.9 Å². The summed E-state index contributed by atoms with van der Waals surface area (Å²) < 4.78 is 5.29. The lowest BCUT2D eigenvalue weighted by Gasteiger charge is -2.12. The number of hydrazine groups is 1. The lowest BCUT2D eigenvalue weighted by atomic mass is 10.2. The quantitative estimate of drug-likeness (QED) is 0.579. The lowest BCUT2D eigenvalue weighted by Crippen LogP contribution is -2.09. The van der Waals surface area contributed by atoms with Crippen LogP contribution in [0.2, 0.25) is 5.02 Å². The number of rotatable bonds is 5. The van der Waals surface area contributed by atoms with Gasteiger partial charge in [0, 0.05) is 35.1 Å². The molecule has 4 N–H and O–H groups in total. The number of anilines is 2. The molecule has 100 valence electrons. The molecule has 0 bridgehead atoms. The average Bonchev–Trinajstić information content (AvgIpc) is 2.46. The van der Waals surface area contributed by atoms with E-state index in [1.165, 1.54) is 0 Å². The van der Waals surface area contributed by atoms with Crippen LogP contribution in [0.3, 0.4) is 0 Å². The number of nitrogen functional groups attached to an aromatic ring is 1. The lowest BCUT2D eigenvalue weighted by molar-refractivity contribution is 0.410. The summed E-state index contributed by atoms with van der Waals surface area (Å²) >= 11 is 6.17. The number of nitrogens with zero attached hydrogens (tertiary/aromatic N) is 1. The van der Waals surface area contributed by atoms with Gasteiger partial charge in [0.1, 0.15) is 11.6 Å². The summed E-state index contributed by atoms with van der Waals surface area (Å²) in [4.78, 5) is 4.04. The molecule has 0 saturated carbocycles. The molecule has 19 heavy (non-hydrogen) atoms. The molecule has 0 spiro atoms. The highest BCUT2D eigenvalue weighted by Gasteiger charge is 2.07. The Kier molecular flexibility index (Phi) is 4.43. The summed E-state index contributed by atoms with van der Waals surface area (Å²) in [5.41, 5.74) is 4.30. The predicted molar refractivity (Wildman–Crippen MR) is 77.4 cm³/mol. The van der Waals surface area contributed by atoms with E-state index >= 15 is 0 Å². The van der Waals surface area contributed by atoms with Crippen LogP contribution in [0.25, 0.3) is 0 Å². The average molecular weight is 279 g/mol. The summed E-state index contributed by atoms with van der Waals surface area (Å²) in [6.07, 6.45) is 1.67. The fraction of sp³-hybridized carbons (Fsp3) is 0.154. The molecule has 5 nitrogen and oxygen atoms in total. The molecule has 6 heteroatoms. The fourth-order valence-electron chi connectivity index (χ4n) is 1.71. The molecule has 0 saturated heterocycles. The summed E-state index contributed by atoms with van der Waals surface area (Å²) in [5, 5.41) is 3.92. The number of benzene rings is 1. The number of hydrogen-bond acceptors (Lipinski definition) is 5. The first-order chi connectivity index (χ1) is 9.24. The number of nitrogens with two attached hydrogens (primary N) is 1. The number of aromatic nitrogens is 1. The minimum absolute atomic E-state index is 0.552. The highest BCUT2D eigenvalue weighted by Crippen LogP contribution is 2.27. The van der Waals surface area contributed by atoms with Crippen LogP contribution in [0.1, 0.15) is 5.56 Å². The third kappa shape index (κ3) is 3.27. The van der Waals surface area contributed by atoms with Gasteiger partial charge in [0.15, 0.2) is 0 Å². The van der Waals surface area contributed by atoms with E-state index in [1.807, 2.05) is 30.3 Å². The second kappa shape index (κ2) is 6.26. The van der Waals surface area contributed by atoms with Gasteiger partial charge in [0.2, 0.25) is 0 Å². The van der Waals surface area contributed by atoms with E-state index in [0.717, 1.165) is 17.0 Å². The Hall–Kier alpha value is -1.98. The van der Waals surface area contributed by atoms with Gasteiger partial charge in [-0.15, -0.1) is 0 Å². The van der Waals surface area contributed by atoms with E-state index < -0.39 is 0 Å². The number of nitrogens with one attached hydrogen (secondary N) is 2. The van der Waals surface area contributed by atoms with Crippen molar-refractivity contribution < 1.29 is 4.74 Å². The van der Waals surface area contributed by atoms with Crippen molar-refractivity contribution in [2.45, 2.75) is 6.54 Å². The molecule has 1 heterocycles. The molecule has 0 radical (unpaired) electrons. The summed E-state index contributed by atoms with van der Waals surface area (Å²) in [5.74, 6) is 6.66. The Balaban J connectivity index is 2.14. The second-order valence-corrected chi connectivity index (χ2v) is 4.26. The Labute approximate surface area is 116 Å². The molecule has 0 aliphatic heterocycles. The van der Waals surface area contributed by atoms with Crippen LogP contribution in [0.15, 0.2) is 36.5 Å². The Morgan fingerprint density at radius 1 is 1.37 bits per heavy atom. The molecule has 1 aromatic heterocycles. The maximum atomic E-state index is 6.17. The monoisotopic (exact) mass is 278 g/mol. The zero-order valence-corrected chi connectivity index (χ0v) is 11.2. The van der Waals surface area contributed by atoms with Gasteiger partial charge in [-0.05, 0) is 18.2 Å². The van der Waals surface area contributed by atoms with Gasteiger partial charge in [0.25, 0.3) is 0 Å². The zero-order valence-electron chi connectivity index (χ0n) is 10.5. The van der Waals surface area contributed by atoms with E-state index in [9.17, 15) is 0 Å². The third-order valence-electron chi connectivity index (χ3n) is 2.67. The summed E-state index contributed by atoms with van der Waals surface area (Å²) in [6, 6.07) is 9.23. The van der Waals surface area contributed by atoms with E-state index in [4.69, 9.17) is 22.2 Å². The highest BCUT2D eigenvalue weighted by atomic mass is 35.5. The van der Waals surface area contributed by atoms with Crippen molar-refractivity contribution in [3.63, 3.8) is 0 Å². The Bertz CT molecular complexity index is 562. The molecule has 2 rings (SSSR count). The molecule has 0 unspecified atom stereocenters. The maximum Gasteiger partial charge on any atom is 0.141 e. The summed E-state index contributed by atoms with van der Waals surface area (Å²) in [7, 11) is 1.62. The van der Waals surface area contributed by atoms with Crippen molar-refractivity contribution in [1.82, 2.24) is 4.98 Å². The minimum atomic E-state index is 0.552. The molecule has 0 aliphatic carbocycles. The first kappa shape index (κ1) is 13.5. The van der Waals surface area contributed by atoms with E-state index in [1.54, 1.807) is 13.3 Å². The second-order valence-electron chi connectivity index (χ2n) is 3.85. The van der Waals surface area contributed by atoms with Crippen molar-refractivity contribution in [3.05, 3.63) is 47.1 Å². The molecule has 0 atom stereocenters. The van der Waals surface area contributed by atoms with Crippen LogP contribution >= 0.6 is 11.6 Å². The molecule has 2 aromatic rings. The van der Waals surface area contributed by atoms with Crippen molar-refractivity contribution in [3.8, 4) is 5.75 Å². The third-order valence-corrected chi connectivity index (χ3v) is 3.03. The van der Waals surface area contributed by atoms with Crippen molar-refractivity contribution >= 4 is 23.1 Å². The van der Waals surface area contributed by atoms with E-state index in [2.05, 4.69) is 15.7 Å². The van der Waals surface area contributed by atoms with Crippen LogP contribution in [-0.2, 0) is 6.54 Å². The Morgan fingerprint density at radius 2 is 2.21 bits per heavy atom. The van der Waals surface area contributed by atoms with Gasteiger partial charge >= 0.3 is 0 Å². The zero-order chi connectivity index (χ0) is 13.7. The maximum absolute atomic E-state index is 6.17. The smallest absolute Gasteiger partial charge is 0.141 e. The number of methoxy groups -OCH3 is 1. The largest absolute Gasteiger partial charge is 0.496 e. The SMILES string of the molecule is COc1cccc(Cl)c1CNc1ccnc(NN)c1. The topological polar surface area (TPSA) is 72.2 Å². The van der Waals surface area contributed by atoms with Crippen molar-refractivity contribution in [1.29, 1.82) is 0 Å². The first-order valence-corrected chi connectivity index (χ1v) is 6.10.